The summed E-state index contributed by atoms with van der Waals surface area (Å²) in [5, 5.41) is 10.6. The highest BCUT2D eigenvalue weighted by atomic mass is 35.5. The number of rotatable bonds is 3. The molecule has 1 aromatic carbocycles. The average Bonchev–Trinajstić information content (AvgIpc) is 2.81. The molecule has 6 heteroatoms. The summed E-state index contributed by atoms with van der Waals surface area (Å²) < 4.78 is 27.0. The molecule has 0 aliphatic carbocycles. The highest BCUT2D eigenvalue weighted by Crippen LogP contribution is 2.34. The number of benzene rings is 1. The summed E-state index contributed by atoms with van der Waals surface area (Å²) in [5.74, 6) is 0. The fourth-order valence-electron chi connectivity index (χ4n) is 2.73. The molecule has 0 radical (unpaired) electrons. The van der Waals surface area contributed by atoms with Crippen molar-refractivity contribution < 1.29 is 13.5 Å². The molecule has 1 saturated heterocycles. The second-order valence-corrected chi connectivity index (χ2v) is 8.06. The third kappa shape index (κ3) is 2.72. The Bertz CT molecular complexity index is 607. The van der Waals surface area contributed by atoms with Gasteiger partial charge in [-0.1, -0.05) is 17.7 Å². The molecular formula is C14H20ClNO3S. The minimum Gasteiger partial charge on any atom is -0.389 e. The first kappa shape index (κ1) is 15.8. The Balaban J connectivity index is 2.48. The number of nitrogens with zero attached hydrogens (tertiary/aromatic N) is 1. The molecule has 112 valence electrons. The van der Waals surface area contributed by atoms with Gasteiger partial charge in [-0.15, -0.1) is 0 Å². The van der Waals surface area contributed by atoms with E-state index < -0.39 is 21.7 Å². The minimum absolute atomic E-state index is 0.223. The monoisotopic (exact) mass is 317 g/mol. The predicted octanol–water partition coefficient (Wildman–Crippen LogP) is 2.57. The fourth-order valence-corrected chi connectivity index (χ4v) is 5.03. The molecular weight excluding hydrogens is 298 g/mol. The molecule has 0 aromatic heterocycles. The molecule has 2 rings (SSSR count). The van der Waals surface area contributed by atoms with Crippen LogP contribution in [-0.4, -0.2) is 36.0 Å². The zero-order valence-electron chi connectivity index (χ0n) is 11.9. The lowest BCUT2D eigenvalue weighted by Gasteiger charge is -2.33. The van der Waals surface area contributed by atoms with E-state index >= 15 is 0 Å². The third-order valence-corrected chi connectivity index (χ3v) is 6.29. The van der Waals surface area contributed by atoms with Crippen LogP contribution in [-0.2, 0) is 10.0 Å². The number of aliphatic hydroxyl groups is 1. The molecule has 1 aliphatic heterocycles. The summed E-state index contributed by atoms with van der Waals surface area (Å²) in [7, 11) is -3.64. The molecule has 0 amide bonds. The number of halogens is 1. The first-order chi connectivity index (χ1) is 9.15. The van der Waals surface area contributed by atoms with Crippen molar-refractivity contribution in [3.63, 3.8) is 0 Å². The van der Waals surface area contributed by atoms with Crippen LogP contribution in [0.2, 0.25) is 5.02 Å². The van der Waals surface area contributed by atoms with E-state index in [2.05, 4.69) is 0 Å². The van der Waals surface area contributed by atoms with Gasteiger partial charge in [0.1, 0.15) is 0 Å². The van der Waals surface area contributed by atoms with Crippen LogP contribution in [0.15, 0.2) is 23.1 Å². The zero-order chi connectivity index (χ0) is 15.1. The second kappa shape index (κ2) is 5.30. The van der Waals surface area contributed by atoms with E-state index in [0.717, 1.165) is 6.42 Å². The van der Waals surface area contributed by atoms with Crippen LogP contribution < -0.4 is 0 Å². The molecule has 0 spiro atoms. The van der Waals surface area contributed by atoms with Crippen molar-refractivity contribution in [2.24, 2.45) is 0 Å². The highest BCUT2D eigenvalue weighted by molar-refractivity contribution is 7.89. The van der Waals surface area contributed by atoms with Crippen LogP contribution in [0, 0.1) is 6.92 Å². The van der Waals surface area contributed by atoms with E-state index in [4.69, 9.17) is 11.6 Å². The SMILES string of the molecule is Cc1c(Cl)cccc1S(=O)(=O)N1CCCC1C(C)(C)O. The normalized spacial score (nSPS) is 21.4. The van der Waals surface area contributed by atoms with E-state index in [1.165, 1.54) is 4.31 Å². The van der Waals surface area contributed by atoms with Gasteiger partial charge in [0, 0.05) is 11.6 Å². The lowest BCUT2D eigenvalue weighted by molar-refractivity contribution is 0.0215. The molecule has 20 heavy (non-hydrogen) atoms. The summed E-state index contributed by atoms with van der Waals surface area (Å²) in [6, 6.07) is 4.48. The molecule has 1 N–H and O–H groups in total. The molecule has 1 fully saturated rings. The molecule has 1 aromatic rings. The molecule has 1 atom stereocenters. The molecule has 1 unspecified atom stereocenters. The number of hydrogen-bond acceptors (Lipinski definition) is 3. The summed E-state index contributed by atoms with van der Waals surface area (Å²) in [6.45, 7) is 5.43. The van der Waals surface area contributed by atoms with Crippen molar-refractivity contribution in [3.8, 4) is 0 Å². The van der Waals surface area contributed by atoms with Gasteiger partial charge in [0.25, 0.3) is 0 Å². The predicted molar refractivity (Wildman–Crippen MR) is 79.4 cm³/mol. The van der Waals surface area contributed by atoms with E-state index in [9.17, 15) is 13.5 Å². The fraction of sp³-hybridized carbons (Fsp3) is 0.571. The standard InChI is InChI=1S/C14H20ClNO3S/c1-10-11(15)6-4-7-12(10)20(18,19)16-9-5-8-13(16)14(2,3)17/h4,6-7,13,17H,5,8-9H2,1-3H3. The zero-order valence-corrected chi connectivity index (χ0v) is 13.5. The van der Waals surface area contributed by atoms with Crippen LogP contribution in [0.25, 0.3) is 0 Å². The number of hydrogen-bond donors (Lipinski definition) is 1. The smallest absolute Gasteiger partial charge is 0.243 e. The minimum atomic E-state index is -3.64. The topological polar surface area (TPSA) is 57.6 Å². The Morgan fingerprint density at radius 3 is 2.65 bits per heavy atom. The van der Waals surface area contributed by atoms with E-state index in [1.807, 2.05) is 0 Å². The Kier molecular flexibility index (Phi) is 4.17. The van der Waals surface area contributed by atoms with Gasteiger partial charge in [0.2, 0.25) is 10.0 Å². The number of sulfonamides is 1. The van der Waals surface area contributed by atoms with E-state index in [-0.39, 0.29) is 4.90 Å². The first-order valence-corrected chi connectivity index (χ1v) is 8.47. The second-order valence-electron chi connectivity index (χ2n) is 5.79. The highest BCUT2D eigenvalue weighted by Gasteiger charge is 2.43. The maximum absolute atomic E-state index is 12.8. The Morgan fingerprint density at radius 2 is 2.05 bits per heavy atom. The van der Waals surface area contributed by atoms with E-state index in [1.54, 1.807) is 39.0 Å². The lowest BCUT2D eigenvalue weighted by Crippen LogP contribution is -2.48. The van der Waals surface area contributed by atoms with Crippen molar-refractivity contribution in [3.05, 3.63) is 28.8 Å². The van der Waals surface area contributed by atoms with Gasteiger partial charge >= 0.3 is 0 Å². The summed E-state index contributed by atoms with van der Waals surface area (Å²) in [4.78, 5) is 0.223. The maximum atomic E-state index is 12.8. The van der Waals surface area contributed by atoms with Crippen LogP contribution in [0.3, 0.4) is 0 Å². The summed E-state index contributed by atoms with van der Waals surface area (Å²) in [5.41, 5.74) is -0.508. The van der Waals surface area contributed by atoms with Gasteiger partial charge in [-0.2, -0.15) is 4.31 Å². The largest absolute Gasteiger partial charge is 0.389 e. The van der Waals surface area contributed by atoms with Crippen LogP contribution in [0.1, 0.15) is 32.3 Å². The maximum Gasteiger partial charge on any atom is 0.243 e. The van der Waals surface area contributed by atoms with Crippen molar-refractivity contribution in [2.75, 3.05) is 6.54 Å². The van der Waals surface area contributed by atoms with Gasteiger partial charge < -0.3 is 5.11 Å². The van der Waals surface area contributed by atoms with Crippen molar-refractivity contribution in [2.45, 2.75) is 50.2 Å². The summed E-state index contributed by atoms with van der Waals surface area (Å²) >= 11 is 6.02. The van der Waals surface area contributed by atoms with Crippen LogP contribution in [0.4, 0.5) is 0 Å². The lowest BCUT2D eigenvalue weighted by atomic mass is 9.98. The van der Waals surface area contributed by atoms with E-state index in [0.29, 0.717) is 23.6 Å². The van der Waals surface area contributed by atoms with Gasteiger partial charge in [-0.05, 0) is 51.3 Å². The van der Waals surface area contributed by atoms with Gasteiger partial charge in [0.15, 0.2) is 0 Å². The van der Waals surface area contributed by atoms with Crippen LogP contribution in [0.5, 0.6) is 0 Å². The Hall–Kier alpha value is -0.620. The molecule has 1 heterocycles. The Morgan fingerprint density at radius 1 is 1.40 bits per heavy atom. The van der Waals surface area contributed by atoms with Crippen LogP contribution >= 0.6 is 11.6 Å². The molecule has 1 aliphatic rings. The van der Waals surface area contributed by atoms with Gasteiger partial charge in [-0.3, -0.25) is 0 Å². The van der Waals surface area contributed by atoms with Crippen molar-refractivity contribution >= 4 is 21.6 Å². The summed E-state index contributed by atoms with van der Waals surface area (Å²) in [6.07, 6.45) is 1.43. The van der Waals surface area contributed by atoms with Crippen molar-refractivity contribution in [1.82, 2.24) is 4.31 Å². The molecule has 4 nitrogen and oxygen atoms in total. The molecule has 0 saturated carbocycles. The van der Waals surface area contributed by atoms with Crippen molar-refractivity contribution in [1.29, 1.82) is 0 Å². The quantitative estimate of drug-likeness (QED) is 0.932. The average molecular weight is 318 g/mol. The third-order valence-electron chi connectivity index (χ3n) is 3.82. The van der Waals surface area contributed by atoms with Gasteiger partial charge in [0.05, 0.1) is 16.5 Å². The Labute approximate surface area is 125 Å². The first-order valence-electron chi connectivity index (χ1n) is 6.65. The molecule has 0 bridgehead atoms. The van der Waals surface area contributed by atoms with Gasteiger partial charge in [-0.25, -0.2) is 8.42 Å².